The Morgan fingerprint density at radius 3 is 1.66 bits per heavy atom. The summed E-state index contributed by atoms with van der Waals surface area (Å²) >= 11 is 0. The number of urea groups is 2. The molecule has 4 aliphatic heterocycles. The lowest BCUT2D eigenvalue weighted by Gasteiger charge is -2.45. The Morgan fingerprint density at radius 1 is 0.712 bits per heavy atom. The van der Waals surface area contributed by atoms with Gasteiger partial charge < -0.3 is 19.6 Å². The summed E-state index contributed by atoms with van der Waals surface area (Å²) in [5.74, 6) is -0.850. The number of carboxylic acid groups (broad SMARTS) is 1. The lowest BCUT2D eigenvalue weighted by Crippen LogP contribution is -2.56. The number of pyridine rings is 2. The number of hydrogen-bond donors (Lipinski definition) is 5. The molecule has 22 nitrogen and oxygen atoms in total. The van der Waals surface area contributed by atoms with Crippen molar-refractivity contribution in [2.75, 3.05) is 63.5 Å². The van der Waals surface area contributed by atoms with Gasteiger partial charge in [0.1, 0.15) is 0 Å². The Balaban J connectivity index is 0.000000152. The number of rotatable bonds is 4. The normalized spacial score (nSPS) is 17.7. The van der Waals surface area contributed by atoms with E-state index in [9.17, 15) is 24.3 Å². The third-order valence-electron chi connectivity index (χ3n) is 10.7. The predicted octanol–water partition coefficient (Wildman–Crippen LogP) is 3.64. The van der Waals surface area contributed by atoms with Crippen molar-refractivity contribution in [1.29, 1.82) is 0 Å². The molecule has 0 spiro atoms. The van der Waals surface area contributed by atoms with E-state index in [0.29, 0.717) is 58.7 Å². The van der Waals surface area contributed by atoms with E-state index in [2.05, 4.69) is 70.7 Å². The Labute approximate surface area is 334 Å². The van der Waals surface area contributed by atoms with Gasteiger partial charge in [-0.2, -0.15) is 10.2 Å². The molecule has 59 heavy (non-hydrogen) atoms. The highest BCUT2D eigenvalue weighted by Gasteiger charge is 2.41. The fourth-order valence-corrected chi connectivity index (χ4v) is 7.98. The highest BCUT2D eigenvalue weighted by atomic mass is 16.5. The van der Waals surface area contributed by atoms with Gasteiger partial charge in [-0.3, -0.25) is 30.6 Å². The molecule has 4 amide bonds. The Hall–Kier alpha value is -7.52. The zero-order valence-corrected chi connectivity index (χ0v) is 32.1. The SMILES string of the molecule is COC(=O)c1ncc2c(n1)N(C(=O)Nc1n[nH]c3nc(C)ccc13)[C@H]1CCCN2C1.Cc1ccc2c(NC(=O)N3c4nc(C(=O)O)ncc4N4CCC[C@H]3C4)n[nH]c2n1. The number of carboxylic acids is 1. The lowest BCUT2D eigenvalue weighted by molar-refractivity contribution is 0.0585. The number of carbonyl (C=O) groups excluding carboxylic acids is 3. The Morgan fingerprint density at radius 2 is 1.19 bits per heavy atom. The number of nitrogens with one attached hydrogen (secondary N) is 4. The summed E-state index contributed by atoms with van der Waals surface area (Å²) in [4.78, 5) is 82.6. The fraction of sp³-hybridized carbons (Fsp3) is 0.351. The molecular formula is C37H38N16O6. The number of piperidine rings is 2. The number of amides is 4. The number of aromatic carboxylic acids is 1. The highest BCUT2D eigenvalue weighted by Crippen LogP contribution is 2.39. The second kappa shape index (κ2) is 14.8. The van der Waals surface area contributed by atoms with Gasteiger partial charge in [-0.25, -0.2) is 49.1 Å². The number of aromatic nitrogens is 10. The highest BCUT2D eigenvalue weighted by molar-refractivity contribution is 6.08. The molecule has 5 N–H and O–H groups in total. The van der Waals surface area contributed by atoms with Gasteiger partial charge in [-0.05, 0) is 63.8 Å². The van der Waals surface area contributed by atoms with Crippen molar-refractivity contribution in [3.63, 3.8) is 0 Å². The maximum atomic E-state index is 13.3. The molecule has 10 rings (SSSR count). The van der Waals surface area contributed by atoms with Gasteiger partial charge in [0.15, 0.2) is 34.6 Å². The van der Waals surface area contributed by atoms with Crippen LogP contribution in [0, 0.1) is 13.8 Å². The second-order valence-electron chi connectivity index (χ2n) is 14.5. The van der Waals surface area contributed by atoms with E-state index in [1.165, 1.54) is 18.2 Å². The van der Waals surface area contributed by atoms with Crippen molar-refractivity contribution >= 4 is 80.7 Å². The molecule has 10 heterocycles. The summed E-state index contributed by atoms with van der Waals surface area (Å²) in [6, 6.07) is 6.44. The van der Waals surface area contributed by atoms with Crippen molar-refractivity contribution in [2.24, 2.45) is 0 Å². The number of fused-ring (bicyclic) bond motifs is 10. The zero-order valence-electron chi connectivity index (χ0n) is 32.1. The van der Waals surface area contributed by atoms with E-state index in [0.717, 1.165) is 61.2 Å². The van der Waals surface area contributed by atoms with Crippen LogP contribution in [0.2, 0.25) is 0 Å². The summed E-state index contributed by atoms with van der Waals surface area (Å²) in [7, 11) is 1.27. The summed E-state index contributed by atoms with van der Waals surface area (Å²) in [6.07, 6.45) is 6.56. The minimum atomic E-state index is -1.24. The van der Waals surface area contributed by atoms with Gasteiger partial charge in [0.25, 0.3) is 0 Å². The van der Waals surface area contributed by atoms with E-state index in [1.807, 2.05) is 38.1 Å². The van der Waals surface area contributed by atoms with Gasteiger partial charge in [0, 0.05) is 37.6 Å². The van der Waals surface area contributed by atoms with Gasteiger partial charge >= 0.3 is 24.0 Å². The topological polar surface area (TPSA) is 269 Å². The van der Waals surface area contributed by atoms with E-state index in [-0.39, 0.29) is 29.8 Å². The number of anilines is 6. The summed E-state index contributed by atoms with van der Waals surface area (Å²) < 4.78 is 4.74. The molecule has 302 valence electrons. The van der Waals surface area contributed by atoms with Crippen molar-refractivity contribution in [3.05, 3.63) is 59.7 Å². The van der Waals surface area contributed by atoms with Crippen LogP contribution in [0.1, 0.15) is 58.3 Å². The quantitative estimate of drug-likeness (QED) is 0.159. The van der Waals surface area contributed by atoms with Gasteiger partial charge in [-0.15, -0.1) is 0 Å². The molecule has 4 aliphatic rings. The number of carbonyl (C=O) groups is 4. The smallest absolute Gasteiger partial charge is 0.376 e. The first kappa shape index (κ1) is 37.1. The van der Waals surface area contributed by atoms with E-state index < -0.39 is 18.0 Å². The number of ether oxygens (including phenoxy) is 1. The largest absolute Gasteiger partial charge is 0.475 e. The molecule has 2 fully saturated rings. The first-order valence-corrected chi connectivity index (χ1v) is 19.0. The molecule has 6 aromatic heterocycles. The minimum Gasteiger partial charge on any atom is -0.475 e. The van der Waals surface area contributed by atoms with Crippen molar-refractivity contribution in [3.8, 4) is 0 Å². The van der Waals surface area contributed by atoms with Crippen LogP contribution in [0.3, 0.4) is 0 Å². The van der Waals surface area contributed by atoms with E-state index in [1.54, 1.807) is 11.1 Å². The minimum absolute atomic E-state index is 0.0720. The Kier molecular flexibility index (Phi) is 9.28. The monoisotopic (exact) mass is 802 g/mol. The van der Waals surface area contributed by atoms with Crippen LogP contribution < -0.4 is 30.2 Å². The van der Waals surface area contributed by atoms with Crippen LogP contribution in [-0.2, 0) is 4.74 Å². The maximum Gasteiger partial charge on any atom is 0.376 e. The zero-order chi connectivity index (χ0) is 40.9. The molecule has 2 saturated heterocycles. The van der Waals surface area contributed by atoms with Crippen LogP contribution in [0.15, 0.2) is 36.7 Å². The van der Waals surface area contributed by atoms with Gasteiger partial charge in [0.05, 0.1) is 53.7 Å². The van der Waals surface area contributed by atoms with Crippen LogP contribution in [0.5, 0.6) is 0 Å². The molecule has 22 heteroatoms. The standard InChI is InChI=1S/C19H20N8O3.C18H18N8O3/c1-10-5-6-12-14(21-10)24-25-15(12)23-19(29)27-11-4-3-7-26(9-11)13-8-20-16(18(28)30-2)22-17(13)27;1-9-4-5-11-13(20-9)23-24-14(11)22-18(29)26-10-3-2-6-25(8-10)12-7-19-15(17(27)28)21-16(12)26/h5-6,8,11H,3-4,7,9H2,1-2H3,(H2,21,23,24,25,29);4-5,7,10H,2-3,6,8H2,1H3,(H,27,28)(H2,20,22,23,24,29)/t11-;10-/m00/s1. The lowest BCUT2D eigenvalue weighted by atomic mass is 10.0. The molecule has 0 saturated carbocycles. The Bertz CT molecular complexity index is 2660. The van der Waals surface area contributed by atoms with Gasteiger partial charge in [0.2, 0.25) is 11.6 Å². The number of aromatic amines is 2. The van der Waals surface area contributed by atoms with Crippen LogP contribution in [0.4, 0.5) is 44.2 Å². The number of aryl methyl sites for hydroxylation is 2. The molecule has 0 unspecified atom stereocenters. The average Bonchev–Trinajstić information content (AvgIpc) is 3.82. The second-order valence-corrected chi connectivity index (χ2v) is 14.5. The summed E-state index contributed by atoms with van der Waals surface area (Å²) in [6.45, 7) is 6.77. The van der Waals surface area contributed by atoms with Crippen molar-refractivity contribution in [2.45, 2.75) is 51.6 Å². The number of esters is 1. The third kappa shape index (κ3) is 6.76. The molecule has 0 radical (unpaired) electrons. The maximum absolute atomic E-state index is 13.3. The first-order chi connectivity index (χ1) is 28.6. The van der Waals surface area contributed by atoms with Crippen LogP contribution >= 0.6 is 0 Å². The first-order valence-electron chi connectivity index (χ1n) is 19.0. The molecule has 2 atom stereocenters. The number of nitrogens with zero attached hydrogens (tertiary/aromatic N) is 12. The van der Waals surface area contributed by atoms with Crippen molar-refractivity contribution in [1.82, 2.24) is 50.3 Å². The van der Waals surface area contributed by atoms with E-state index in [4.69, 9.17) is 4.74 Å². The number of hydrogen-bond acceptors (Lipinski definition) is 15. The number of H-pyrrole nitrogens is 2. The molecule has 4 bridgehead atoms. The summed E-state index contributed by atoms with van der Waals surface area (Å²) in [5.41, 5.74) is 4.25. The third-order valence-corrected chi connectivity index (χ3v) is 10.7. The fourth-order valence-electron chi connectivity index (χ4n) is 7.98. The van der Waals surface area contributed by atoms with Gasteiger partial charge in [-0.1, -0.05) is 0 Å². The molecule has 0 aromatic carbocycles. The van der Waals surface area contributed by atoms with Crippen molar-refractivity contribution < 1.29 is 29.0 Å². The van der Waals surface area contributed by atoms with Crippen LogP contribution in [-0.4, -0.2) is 125 Å². The summed E-state index contributed by atoms with van der Waals surface area (Å²) in [5, 5.41) is 30.4. The van der Waals surface area contributed by atoms with Crippen LogP contribution in [0.25, 0.3) is 22.1 Å². The predicted molar refractivity (Wildman–Crippen MR) is 213 cm³/mol. The molecule has 6 aromatic rings. The van der Waals surface area contributed by atoms with E-state index >= 15 is 0 Å². The molecule has 0 aliphatic carbocycles. The molecular weight excluding hydrogens is 765 g/mol. The number of methoxy groups -OCH3 is 1. The average molecular weight is 803 g/mol.